The van der Waals surface area contributed by atoms with Gasteiger partial charge in [-0.3, -0.25) is 0 Å². The number of piperazine rings is 1. The first-order valence-corrected chi connectivity index (χ1v) is 9.19. The second-order valence-electron chi connectivity index (χ2n) is 5.37. The lowest BCUT2D eigenvalue weighted by Crippen LogP contribution is -2.49. The normalized spacial score (nSPS) is 16.8. The van der Waals surface area contributed by atoms with E-state index in [0.29, 0.717) is 44.3 Å². The quantitative estimate of drug-likeness (QED) is 0.777. The summed E-state index contributed by atoms with van der Waals surface area (Å²) >= 11 is 0. The van der Waals surface area contributed by atoms with Crippen LogP contribution >= 0.6 is 0 Å². The minimum Gasteiger partial charge on any atom is -0.481 e. The smallest absolute Gasteiger partial charge is 0.218 e. The van der Waals surface area contributed by atoms with Crippen molar-refractivity contribution in [3.8, 4) is 5.88 Å². The van der Waals surface area contributed by atoms with Crippen LogP contribution in [0.4, 0.5) is 5.82 Å². The highest BCUT2D eigenvalue weighted by atomic mass is 32.2. The fourth-order valence-corrected chi connectivity index (χ4v) is 4.07. The van der Waals surface area contributed by atoms with E-state index in [1.807, 2.05) is 13.8 Å². The number of ether oxygens (including phenoxy) is 1. The molecule has 1 saturated heterocycles. The monoisotopic (exact) mass is 328 g/mol. The number of anilines is 1. The summed E-state index contributed by atoms with van der Waals surface area (Å²) in [5, 5.41) is 0. The first kappa shape index (κ1) is 17.0. The molecule has 22 heavy (non-hydrogen) atoms. The third kappa shape index (κ3) is 4.07. The highest BCUT2D eigenvalue weighted by Crippen LogP contribution is 2.20. The SMILES string of the molecule is CCCCS(=O)(=O)N1CCN(c2cc(OC)nc(C)n2)CC1. The van der Waals surface area contributed by atoms with Crippen LogP contribution in [0.5, 0.6) is 5.88 Å². The summed E-state index contributed by atoms with van der Waals surface area (Å²) in [5.41, 5.74) is 0. The number of methoxy groups -OCH3 is 1. The van der Waals surface area contributed by atoms with Crippen LogP contribution in [-0.4, -0.2) is 61.7 Å². The number of rotatable bonds is 6. The first-order chi connectivity index (χ1) is 10.5. The van der Waals surface area contributed by atoms with Crippen LogP contribution in [0.15, 0.2) is 6.07 Å². The van der Waals surface area contributed by atoms with Crippen molar-refractivity contribution in [3.63, 3.8) is 0 Å². The van der Waals surface area contributed by atoms with Crippen LogP contribution in [0.1, 0.15) is 25.6 Å². The Labute approximate surface area is 132 Å². The van der Waals surface area contributed by atoms with Gasteiger partial charge in [0.25, 0.3) is 0 Å². The fraction of sp³-hybridized carbons (Fsp3) is 0.714. The predicted molar refractivity (Wildman–Crippen MR) is 85.8 cm³/mol. The van der Waals surface area contributed by atoms with Gasteiger partial charge in [0.1, 0.15) is 11.6 Å². The van der Waals surface area contributed by atoms with Gasteiger partial charge in [-0.1, -0.05) is 13.3 Å². The topological polar surface area (TPSA) is 75.6 Å². The Balaban J connectivity index is 2.02. The number of aryl methyl sites for hydroxylation is 1. The van der Waals surface area contributed by atoms with Gasteiger partial charge in [-0.15, -0.1) is 0 Å². The second kappa shape index (κ2) is 7.23. The van der Waals surface area contributed by atoms with Gasteiger partial charge in [-0.25, -0.2) is 13.4 Å². The third-order valence-corrected chi connectivity index (χ3v) is 5.68. The number of hydrogen-bond donors (Lipinski definition) is 0. The maximum atomic E-state index is 12.2. The summed E-state index contributed by atoms with van der Waals surface area (Å²) in [4.78, 5) is 10.7. The van der Waals surface area contributed by atoms with E-state index in [1.54, 1.807) is 17.5 Å². The van der Waals surface area contributed by atoms with Crippen molar-refractivity contribution in [3.05, 3.63) is 11.9 Å². The molecule has 8 heteroatoms. The molecule has 0 bridgehead atoms. The standard InChI is InChI=1S/C14H24N4O3S/c1-4-5-10-22(19,20)18-8-6-17(7-9-18)13-11-14(21-3)16-12(2)15-13/h11H,4-10H2,1-3H3. The Morgan fingerprint density at radius 2 is 1.91 bits per heavy atom. The van der Waals surface area contributed by atoms with Gasteiger partial charge in [0.15, 0.2) is 0 Å². The maximum absolute atomic E-state index is 12.2. The second-order valence-corrected chi connectivity index (χ2v) is 7.46. The molecule has 1 fully saturated rings. The van der Waals surface area contributed by atoms with Crippen molar-refractivity contribution in [2.45, 2.75) is 26.7 Å². The van der Waals surface area contributed by atoms with Gasteiger partial charge < -0.3 is 9.64 Å². The maximum Gasteiger partial charge on any atom is 0.218 e. The molecule has 0 unspecified atom stereocenters. The zero-order chi connectivity index (χ0) is 16.2. The Hall–Kier alpha value is -1.41. The van der Waals surface area contributed by atoms with E-state index in [4.69, 9.17) is 4.74 Å². The van der Waals surface area contributed by atoms with E-state index in [0.717, 1.165) is 12.2 Å². The summed E-state index contributed by atoms with van der Waals surface area (Å²) in [7, 11) is -1.55. The van der Waals surface area contributed by atoms with Crippen LogP contribution in [-0.2, 0) is 10.0 Å². The molecular formula is C14H24N4O3S. The van der Waals surface area contributed by atoms with Crippen LogP contribution < -0.4 is 9.64 Å². The van der Waals surface area contributed by atoms with Crippen LogP contribution in [0.2, 0.25) is 0 Å². The molecule has 7 nitrogen and oxygen atoms in total. The van der Waals surface area contributed by atoms with Gasteiger partial charge >= 0.3 is 0 Å². The molecule has 0 atom stereocenters. The number of unbranched alkanes of at least 4 members (excludes halogenated alkanes) is 1. The summed E-state index contributed by atoms with van der Waals surface area (Å²) in [6.45, 7) is 6.07. The van der Waals surface area contributed by atoms with Gasteiger partial charge in [0.05, 0.1) is 12.9 Å². The molecule has 2 heterocycles. The fourth-order valence-electron chi connectivity index (χ4n) is 2.44. The van der Waals surface area contributed by atoms with Crippen LogP contribution in [0.3, 0.4) is 0 Å². The molecule has 0 aromatic carbocycles. The van der Waals surface area contributed by atoms with E-state index >= 15 is 0 Å². The zero-order valence-electron chi connectivity index (χ0n) is 13.4. The summed E-state index contributed by atoms with van der Waals surface area (Å²) in [5.74, 6) is 2.20. The Morgan fingerprint density at radius 1 is 1.23 bits per heavy atom. The predicted octanol–water partition coefficient (Wildman–Crippen LogP) is 1.05. The average Bonchev–Trinajstić information content (AvgIpc) is 2.52. The van der Waals surface area contributed by atoms with Gasteiger partial charge in [0, 0.05) is 32.2 Å². The van der Waals surface area contributed by atoms with Gasteiger partial charge in [0.2, 0.25) is 15.9 Å². The average molecular weight is 328 g/mol. The van der Waals surface area contributed by atoms with Gasteiger partial charge in [-0.05, 0) is 13.3 Å². The van der Waals surface area contributed by atoms with Crippen molar-refractivity contribution >= 4 is 15.8 Å². The van der Waals surface area contributed by atoms with Crippen molar-refractivity contribution in [2.75, 3.05) is 43.9 Å². The third-order valence-electron chi connectivity index (χ3n) is 3.72. The molecule has 0 amide bonds. The molecule has 2 rings (SSSR count). The molecule has 0 N–H and O–H groups in total. The van der Waals surface area contributed by atoms with Crippen LogP contribution in [0.25, 0.3) is 0 Å². The molecule has 1 aliphatic heterocycles. The molecule has 0 spiro atoms. The van der Waals surface area contributed by atoms with E-state index in [2.05, 4.69) is 14.9 Å². The Morgan fingerprint density at radius 3 is 2.50 bits per heavy atom. The molecule has 0 aliphatic carbocycles. The lowest BCUT2D eigenvalue weighted by Gasteiger charge is -2.34. The van der Waals surface area contributed by atoms with Crippen molar-refractivity contribution in [2.24, 2.45) is 0 Å². The minimum absolute atomic E-state index is 0.240. The van der Waals surface area contributed by atoms with Crippen molar-refractivity contribution in [1.82, 2.24) is 14.3 Å². The van der Waals surface area contributed by atoms with Crippen molar-refractivity contribution in [1.29, 1.82) is 0 Å². The number of aromatic nitrogens is 2. The Bertz CT molecular complexity index is 598. The molecule has 0 saturated carbocycles. The molecule has 1 aliphatic rings. The molecular weight excluding hydrogens is 304 g/mol. The minimum atomic E-state index is -3.12. The summed E-state index contributed by atoms with van der Waals surface area (Å²) in [6.07, 6.45) is 1.60. The van der Waals surface area contributed by atoms with E-state index in [9.17, 15) is 8.42 Å². The van der Waals surface area contributed by atoms with E-state index < -0.39 is 10.0 Å². The molecule has 124 valence electrons. The van der Waals surface area contributed by atoms with E-state index in [1.165, 1.54) is 0 Å². The Kier molecular flexibility index (Phi) is 5.57. The molecule has 1 aromatic heterocycles. The first-order valence-electron chi connectivity index (χ1n) is 7.58. The number of hydrogen-bond acceptors (Lipinski definition) is 6. The van der Waals surface area contributed by atoms with Crippen molar-refractivity contribution < 1.29 is 13.2 Å². The number of sulfonamides is 1. The zero-order valence-corrected chi connectivity index (χ0v) is 14.3. The highest BCUT2D eigenvalue weighted by Gasteiger charge is 2.27. The van der Waals surface area contributed by atoms with E-state index in [-0.39, 0.29) is 5.75 Å². The molecule has 1 aromatic rings. The number of nitrogens with zero attached hydrogens (tertiary/aromatic N) is 4. The molecule has 0 radical (unpaired) electrons. The van der Waals surface area contributed by atoms with Crippen LogP contribution in [0, 0.1) is 6.92 Å². The lowest BCUT2D eigenvalue weighted by molar-refractivity contribution is 0.379. The largest absolute Gasteiger partial charge is 0.481 e. The summed E-state index contributed by atoms with van der Waals surface area (Å²) < 4.78 is 31.2. The summed E-state index contributed by atoms with van der Waals surface area (Å²) in [6, 6.07) is 1.79. The highest BCUT2D eigenvalue weighted by molar-refractivity contribution is 7.89. The van der Waals surface area contributed by atoms with Gasteiger partial charge in [-0.2, -0.15) is 9.29 Å². The lowest BCUT2D eigenvalue weighted by atomic mass is 10.3.